The third-order valence-corrected chi connectivity index (χ3v) is 7.97. The predicted octanol–water partition coefficient (Wildman–Crippen LogP) is 1.80. The van der Waals surface area contributed by atoms with Gasteiger partial charge in [-0.15, -0.1) is 0 Å². The third kappa shape index (κ3) is 2.28. The van der Waals surface area contributed by atoms with Gasteiger partial charge in [0.25, 0.3) is 0 Å². The van der Waals surface area contributed by atoms with E-state index in [9.17, 15) is 24.9 Å². The molecule has 3 fully saturated rings. The van der Waals surface area contributed by atoms with Crippen molar-refractivity contribution in [2.45, 2.75) is 58.1 Å². The van der Waals surface area contributed by atoms with Gasteiger partial charge < -0.3 is 15.3 Å². The molecule has 0 aromatic carbocycles. The molecule has 0 spiro atoms. The third-order valence-electron chi connectivity index (χ3n) is 7.97. The lowest BCUT2D eigenvalue weighted by atomic mass is 9.45. The largest absolute Gasteiger partial charge is 0.393 e. The van der Waals surface area contributed by atoms with Crippen molar-refractivity contribution < 1.29 is 29.0 Å². The van der Waals surface area contributed by atoms with Gasteiger partial charge in [-0.05, 0) is 55.5 Å². The number of carbonyl (C=O) groups is 2. The quantitative estimate of drug-likeness (QED) is 0.682. The lowest BCUT2D eigenvalue weighted by Gasteiger charge is -2.60. The van der Waals surface area contributed by atoms with Crippen LogP contribution in [-0.2, 0) is 9.59 Å². The van der Waals surface area contributed by atoms with E-state index < -0.39 is 53.1 Å². The smallest absolute Gasteiger partial charge is 0.190 e. The topological polar surface area (TPSA) is 94.8 Å². The number of Topliss-reactive ketones (excluding diaryl/α,β-unsaturated/α-hetero) is 1. The number of hydrogen-bond acceptors (Lipinski definition) is 5. The molecule has 0 radical (unpaired) electrons. The van der Waals surface area contributed by atoms with E-state index in [4.69, 9.17) is 4.11 Å². The fourth-order valence-corrected chi connectivity index (χ4v) is 6.63. The van der Waals surface area contributed by atoms with Crippen LogP contribution < -0.4 is 0 Å². The molecule has 1 unspecified atom stereocenters. The van der Waals surface area contributed by atoms with Crippen LogP contribution >= 0.6 is 0 Å². The number of hydrogen-bond donors (Lipinski definition) is 3. The van der Waals surface area contributed by atoms with Crippen molar-refractivity contribution in [3.63, 3.8) is 0 Å². The van der Waals surface area contributed by atoms with Gasteiger partial charge >= 0.3 is 0 Å². The number of allylic oxidation sites excluding steroid dienone is 4. The average molecular weight is 377 g/mol. The van der Waals surface area contributed by atoms with Crippen molar-refractivity contribution in [2.75, 3.05) is 6.61 Å². The van der Waals surface area contributed by atoms with E-state index >= 15 is 0 Å². The fraction of sp³-hybridized carbons (Fsp3) is 0.727. The molecule has 8 atom stereocenters. The Morgan fingerprint density at radius 1 is 1.44 bits per heavy atom. The Morgan fingerprint density at radius 3 is 2.81 bits per heavy atom. The highest BCUT2D eigenvalue weighted by Gasteiger charge is 2.68. The summed E-state index contributed by atoms with van der Waals surface area (Å²) in [7, 11) is 0. The van der Waals surface area contributed by atoms with E-state index in [0.717, 1.165) is 5.57 Å². The standard InChI is InChI=1S/C22H30O5/c1-12-8-14-15-5-7-22(27,18(26)11-23)21(15,3)10-17(25)19(14)20(2)6-4-13(24)9-16(12)20/h4,6,9,12,14-15,17,19,23,25,27H,5,7-8,10-11H2,1-3H3/t12-,14?,15-,17+,19+,20-,21-,22-/m0/s1/i10D2,17D. The first-order chi connectivity index (χ1) is 13.7. The van der Waals surface area contributed by atoms with Crippen LogP contribution in [0, 0.1) is 34.5 Å². The summed E-state index contributed by atoms with van der Waals surface area (Å²) in [6.45, 7) is 4.35. The Kier molecular flexibility index (Phi) is 3.38. The minimum atomic E-state index is -2.65. The zero-order valence-corrected chi connectivity index (χ0v) is 16.0. The Balaban J connectivity index is 1.95. The summed E-state index contributed by atoms with van der Waals surface area (Å²) in [6.07, 6.45) is 0.236. The summed E-state index contributed by atoms with van der Waals surface area (Å²) in [6, 6.07) is 0. The van der Waals surface area contributed by atoms with Gasteiger partial charge in [-0.2, -0.15) is 0 Å². The van der Waals surface area contributed by atoms with Crippen molar-refractivity contribution in [3.05, 3.63) is 23.8 Å². The maximum Gasteiger partial charge on any atom is 0.190 e. The van der Waals surface area contributed by atoms with Crippen LogP contribution in [0.1, 0.15) is 50.5 Å². The molecule has 4 aliphatic rings. The van der Waals surface area contributed by atoms with Gasteiger partial charge in [-0.25, -0.2) is 0 Å². The molecule has 4 rings (SSSR count). The van der Waals surface area contributed by atoms with E-state index in [-0.39, 0.29) is 24.0 Å². The van der Waals surface area contributed by atoms with E-state index in [0.29, 0.717) is 12.8 Å². The van der Waals surface area contributed by atoms with Crippen LogP contribution in [0.5, 0.6) is 0 Å². The molecule has 0 bridgehead atoms. The van der Waals surface area contributed by atoms with Gasteiger partial charge in [-0.1, -0.05) is 32.4 Å². The van der Waals surface area contributed by atoms with Gasteiger partial charge in [0, 0.05) is 19.5 Å². The lowest BCUT2D eigenvalue weighted by molar-refractivity contribution is -0.180. The highest BCUT2D eigenvalue weighted by Crippen LogP contribution is 2.67. The van der Waals surface area contributed by atoms with E-state index in [1.165, 1.54) is 13.0 Å². The van der Waals surface area contributed by atoms with E-state index in [1.807, 2.05) is 13.8 Å². The highest BCUT2D eigenvalue weighted by molar-refractivity contribution is 6.01. The maximum atomic E-state index is 12.6. The van der Waals surface area contributed by atoms with Crippen LogP contribution in [0.25, 0.3) is 0 Å². The van der Waals surface area contributed by atoms with Gasteiger partial charge in [0.1, 0.15) is 12.2 Å². The van der Waals surface area contributed by atoms with Crippen molar-refractivity contribution >= 4 is 11.6 Å². The molecule has 148 valence electrons. The Morgan fingerprint density at radius 2 is 2.15 bits per heavy atom. The minimum Gasteiger partial charge on any atom is -0.393 e. The molecule has 0 aliphatic heterocycles. The van der Waals surface area contributed by atoms with Crippen molar-refractivity contribution in [2.24, 2.45) is 34.5 Å². The van der Waals surface area contributed by atoms with Gasteiger partial charge in [0.15, 0.2) is 11.6 Å². The highest BCUT2D eigenvalue weighted by atomic mass is 16.3. The Hall–Kier alpha value is -1.30. The van der Waals surface area contributed by atoms with Crippen LogP contribution in [0.4, 0.5) is 0 Å². The number of carbonyl (C=O) groups excluding carboxylic acids is 2. The normalized spacial score (nSPS) is 57.5. The number of fused-ring (bicyclic) bond motifs is 5. The lowest BCUT2D eigenvalue weighted by Crippen LogP contribution is -2.62. The summed E-state index contributed by atoms with van der Waals surface area (Å²) in [4.78, 5) is 24.6. The molecule has 3 N–H and O–H groups in total. The van der Waals surface area contributed by atoms with Crippen molar-refractivity contribution in [1.82, 2.24) is 0 Å². The summed E-state index contributed by atoms with van der Waals surface area (Å²) in [5.74, 6) is -2.71. The number of aliphatic hydroxyl groups is 3. The van der Waals surface area contributed by atoms with Crippen LogP contribution in [0.15, 0.2) is 23.8 Å². The molecule has 0 aromatic heterocycles. The zero-order valence-electron chi connectivity index (χ0n) is 19.0. The first-order valence-corrected chi connectivity index (χ1v) is 9.74. The first-order valence-electron chi connectivity index (χ1n) is 11.2. The number of rotatable bonds is 2. The maximum absolute atomic E-state index is 12.6. The van der Waals surface area contributed by atoms with Crippen molar-refractivity contribution in [1.29, 1.82) is 0 Å². The molecule has 27 heavy (non-hydrogen) atoms. The molecule has 5 heteroatoms. The summed E-state index contributed by atoms with van der Waals surface area (Å²) >= 11 is 0. The molecule has 0 heterocycles. The molecular formula is C22H30O5. The first kappa shape index (κ1) is 15.6. The van der Waals surface area contributed by atoms with Gasteiger partial charge in [-0.3, -0.25) is 9.59 Å². The summed E-state index contributed by atoms with van der Waals surface area (Å²) in [5.41, 5.74) is -3.98. The fourth-order valence-electron chi connectivity index (χ4n) is 6.63. The molecule has 0 amide bonds. The minimum absolute atomic E-state index is 0.0194. The molecule has 4 aliphatic carbocycles. The second-order valence-electron chi connectivity index (χ2n) is 9.20. The van der Waals surface area contributed by atoms with E-state index in [1.54, 1.807) is 12.2 Å². The summed E-state index contributed by atoms with van der Waals surface area (Å²) in [5, 5.41) is 32.3. The molecule has 0 aromatic rings. The molecular weight excluding hydrogens is 344 g/mol. The van der Waals surface area contributed by atoms with Crippen LogP contribution in [0.3, 0.4) is 0 Å². The van der Waals surface area contributed by atoms with Gasteiger partial charge in [0.05, 0.1) is 7.45 Å². The van der Waals surface area contributed by atoms with E-state index in [2.05, 4.69) is 0 Å². The molecule has 5 nitrogen and oxygen atoms in total. The van der Waals surface area contributed by atoms with Gasteiger partial charge in [0.2, 0.25) is 0 Å². The van der Waals surface area contributed by atoms with Crippen molar-refractivity contribution in [3.8, 4) is 0 Å². The van der Waals surface area contributed by atoms with Crippen LogP contribution in [-0.4, -0.2) is 45.2 Å². The second-order valence-corrected chi connectivity index (χ2v) is 9.20. The Bertz CT molecular complexity index is 880. The average Bonchev–Trinajstić information content (AvgIpc) is 2.94. The SMILES string of the molecule is [2H]C1([2H])[C@@]([2H])(O)[C@H]2C(C[C@H](C)C3=CC(=O)C=C[C@@]32C)[C@@H]2CC[C@](O)(C(=O)CO)[C@]21C. The monoisotopic (exact) mass is 377 g/mol. The number of ketones is 2. The summed E-state index contributed by atoms with van der Waals surface area (Å²) < 4.78 is 26.7. The predicted molar refractivity (Wildman–Crippen MR) is 99.6 cm³/mol. The van der Waals surface area contributed by atoms with Crippen LogP contribution in [0.2, 0.25) is 0 Å². The number of aliphatic hydroxyl groups excluding tert-OH is 1. The second kappa shape index (κ2) is 5.85. The Labute approximate surface area is 164 Å². The zero-order chi connectivity index (χ0) is 22.5. The molecule has 3 saturated carbocycles. The molecule has 0 saturated heterocycles.